The molecule has 6 heteroatoms. The lowest BCUT2D eigenvalue weighted by Gasteiger charge is -2.07. The summed E-state index contributed by atoms with van der Waals surface area (Å²) in [5.74, 6) is -0.731. The first-order chi connectivity index (χ1) is 8.57. The molecule has 0 saturated carbocycles. The summed E-state index contributed by atoms with van der Waals surface area (Å²) in [4.78, 5) is 19.4. The summed E-state index contributed by atoms with van der Waals surface area (Å²) in [6.07, 6.45) is 5.92. The molecule has 0 spiro atoms. The molecule has 0 aromatic carbocycles. The Labute approximate surface area is 109 Å². The maximum absolute atomic E-state index is 10.9. The molecule has 106 valence electrons. The van der Waals surface area contributed by atoms with Gasteiger partial charge < -0.3 is 15.7 Å². The van der Waals surface area contributed by atoms with E-state index in [1.807, 2.05) is 0 Å². The van der Waals surface area contributed by atoms with E-state index in [4.69, 9.17) is 10.8 Å². The van der Waals surface area contributed by atoms with E-state index in [2.05, 4.69) is 22.2 Å². The van der Waals surface area contributed by atoms with Crippen LogP contribution in [0.25, 0.3) is 0 Å². The molecule has 0 saturated heterocycles. The van der Waals surface area contributed by atoms with Crippen molar-refractivity contribution in [1.29, 1.82) is 0 Å². The molecular formula is C12H25N3O3. The minimum absolute atomic E-state index is 0.0533. The van der Waals surface area contributed by atoms with Gasteiger partial charge in [0.05, 0.1) is 0 Å². The van der Waals surface area contributed by atoms with E-state index in [1.165, 1.54) is 32.6 Å². The molecule has 0 aliphatic heterocycles. The Kier molecular flexibility index (Phi) is 10.0. The zero-order valence-corrected chi connectivity index (χ0v) is 11.3. The molecule has 0 fully saturated rings. The first-order valence-electron chi connectivity index (χ1n) is 6.52. The van der Waals surface area contributed by atoms with Gasteiger partial charge >= 0.3 is 5.97 Å². The van der Waals surface area contributed by atoms with E-state index in [0.717, 1.165) is 12.8 Å². The predicted octanol–water partition coefficient (Wildman–Crippen LogP) is 1.09. The number of guanidine groups is 1. The molecule has 0 radical (unpaired) electrons. The van der Waals surface area contributed by atoms with Crippen LogP contribution < -0.4 is 11.2 Å². The smallest absolute Gasteiger partial charge is 0.360 e. The Hall–Kier alpha value is -1.30. The average molecular weight is 259 g/mol. The van der Waals surface area contributed by atoms with Crippen molar-refractivity contribution in [2.24, 2.45) is 10.7 Å². The van der Waals surface area contributed by atoms with Crippen molar-refractivity contribution < 1.29 is 14.7 Å². The van der Waals surface area contributed by atoms with Crippen LogP contribution in [-0.2, 0) is 9.63 Å². The Bertz CT molecular complexity index is 255. The fourth-order valence-corrected chi connectivity index (χ4v) is 1.31. The third kappa shape index (κ3) is 9.89. The molecule has 0 heterocycles. The number of hydrogen-bond donors (Lipinski definition) is 3. The lowest BCUT2D eigenvalue weighted by Crippen LogP contribution is -2.36. The summed E-state index contributed by atoms with van der Waals surface area (Å²) in [6.45, 7) is 4.11. The number of aliphatic hydroxyl groups excluding tert-OH is 1. The summed E-state index contributed by atoms with van der Waals surface area (Å²) in [5.41, 5.74) is 7.66. The van der Waals surface area contributed by atoms with E-state index in [-0.39, 0.29) is 5.96 Å². The SMILES string of the molecule is CCCCCCCCN=C(N)NOC(=O)C(C)O. The standard InChI is InChI=1S/C12H25N3O3/c1-3-4-5-6-7-8-9-14-12(13)15-18-11(17)10(2)16/h10,16H,3-9H2,1-2H3,(H3,13,14,15). The van der Waals surface area contributed by atoms with Gasteiger partial charge in [0, 0.05) is 6.54 Å². The normalized spacial score (nSPS) is 13.2. The summed E-state index contributed by atoms with van der Waals surface area (Å²) in [6, 6.07) is 0. The number of nitrogens with one attached hydrogen (secondary N) is 1. The monoisotopic (exact) mass is 259 g/mol. The lowest BCUT2D eigenvalue weighted by molar-refractivity contribution is -0.156. The number of aliphatic imine (C=N–C) groups is 1. The van der Waals surface area contributed by atoms with Gasteiger partial charge in [0.1, 0.15) is 0 Å². The van der Waals surface area contributed by atoms with Crippen LogP contribution in [0.5, 0.6) is 0 Å². The first kappa shape index (κ1) is 16.7. The molecule has 0 amide bonds. The van der Waals surface area contributed by atoms with Gasteiger partial charge in [-0.25, -0.2) is 4.79 Å². The molecule has 0 aliphatic rings. The van der Waals surface area contributed by atoms with Crippen LogP contribution in [0, 0.1) is 0 Å². The molecule has 1 unspecified atom stereocenters. The van der Waals surface area contributed by atoms with Gasteiger partial charge in [-0.3, -0.25) is 4.99 Å². The van der Waals surface area contributed by atoms with E-state index in [1.54, 1.807) is 0 Å². The molecule has 0 aliphatic carbocycles. The van der Waals surface area contributed by atoms with Crippen molar-refractivity contribution in [3.63, 3.8) is 0 Å². The second-order valence-electron chi connectivity index (χ2n) is 4.23. The van der Waals surface area contributed by atoms with Crippen molar-refractivity contribution in [2.75, 3.05) is 6.54 Å². The van der Waals surface area contributed by atoms with Crippen LogP contribution in [0.1, 0.15) is 52.4 Å². The van der Waals surface area contributed by atoms with E-state index in [0.29, 0.717) is 6.54 Å². The van der Waals surface area contributed by atoms with Gasteiger partial charge in [-0.15, -0.1) is 0 Å². The molecule has 18 heavy (non-hydrogen) atoms. The predicted molar refractivity (Wildman–Crippen MR) is 70.8 cm³/mol. The molecule has 1 atom stereocenters. The van der Waals surface area contributed by atoms with Crippen molar-refractivity contribution in [3.05, 3.63) is 0 Å². The van der Waals surface area contributed by atoms with Gasteiger partial charge in [0.2, 0.25) is 5.96 Å². The molecular weight excluding hydrogens is 234 g/mol. The maximum atomic E-state index is 10.9. The summed E-state index contributed by atoms with van der Waals surface area (Å²) >= 11 is 0. The zero-order valence-electron chi connectivity index (χ0n) is 11.3. The maximum Gasteiger partial charge on any atom is 0.360 e. The molecule has 4 N–H and O–H groups in total. The van der Waals surface area contributed by atoms with Crippen LogP contribution in [0.4, 0.5) is 0 Å². The molecule has 0 aromatic heterocycles. The second kappa shape index (κ2) is 10.8. The minimum Gasteiger partial charge on any atom is -0.382 e. The van der Waals surface area contributed by atoms with Gasteiger partial charge in [-0.05, 0) is 13.3 Å². The fourth-order valence-electron chi connectivity index (χ4n) is 1.31. The number of rotatable bonds is 8. The first-order valence-corrected chi connectivity index (χ1v) is 6.52. The highest BCUT2D eigenvalue weighted by Gasteiger charge is 2.10. The number of aliphatic hydroxyl groups is 1. The minimum atomic E-state index is -1.18. The lowest BCUT2D eigenvalue weighted by atomic mass is 10.1. The van der Waals surface area contributed by atoms with Gasteiger partial charge in [0.15, 0.2) is 6.10 Å². The molecule has 0 bridgehead atoms. The molecule has 0 rings (SSSR count). The molecule has 0 aromatic rings. The van der Waals surface area contributed by atoms with Crippen LogP contribution in [-0.4, -0.2) is 29.7 Å². The number of nitrogens with zero attached hydrogens (tertiary/aromatic N) is 1. The number of carbonyl (C=O) groups excluding carboxylic acids is 1. The summed E-state index contributed by atoms with van der Waals surface area (Å²) < 4.78 is 0. The van der Waals surface area contributed by atoms with Gasteiger partial charge in [-0.2, -0.15) is 5.48 Å². The van der Waals surface area contributed by atoms with Crippen LogP contribution in [0.3, 0.4) is 0 Å². The molecule has 6 nitrogen and oxygen atoms in total. The number of hydroxylamine groups is 1. The summed E-state index contributed by atoms with van der Waals surface area (Å²) in [5, 5.41) is 8.86. The third-order valence-electron chi connectivity index (χ3n) is 2.39. The van der Waals surface area contributed by atoms with E-state index in [9.17, 15) is 4.79 Å². The number of unbranched alkanes of at least 4 members (excludes halogenated alkanes) is 5. The fraction of sp³-hybridized carbons (Fsp3) is 0.833. The van der Waals surface area contributed by atoms with Gasteiger partial charge in [0.25, 0.3) is 0 Å². The van der Waals surface area contributed by atoms with Crippen molar-refractivity contribution in [3.8, 4) is 0 Å². The number of nitrogens with two attached hydrogens (primary N) is 1. The van der Waals surface area contributed by atoms with Crippen molar-refractivity contribution in [1.82, 2.24) is 5.48 Å². The van der Waals surface area contributed by atoms with E-state index < -0.39 is 12.1 Å². The van der Waals surface area contributed by atoms with E-state index >= 15 is 0 Å². The highest BCUT2D eigenvalue weighted by molar-refractivity contribution is 5.80. The Balaban J connectivity index is 3.50. The van der Waals surface area contributed by atoms with Crippen molar-refractivity contribution >= 4 is 11.9 Å². The Morgan fingerprint density at radius 2 is 1.94 bits per heavy atom. The largest absolute Gasteiger partial charge is 0.382 e. The number of hydrogen-bond acceptors (Lipinski definition) is 4. The van der Waals surface area contributed by atoms with Crippen LogP contribution in [0.2, 0.25) is 0 Å². The second-order valence-corrected chi connectivity index (χ2v) is 4.23. The average Bonchev–Trinajstić information content (AvgIpc) is 2.34. The summed E-state index contributed by atoms with van der Waals surface area (Å²) in [7, 11) is 0. The quantitative estimate of drug-likeness (QED) is 0.262. The Morgan fingerprint density at radius 1 is 1.33 bits per heavy atom. The Morgan fingerprint density at radius 3 is 2.56 bits per heavy atom. The highest BCUT2D eigenvalue weighted by Crippen LogP contribution is 2.04. The topological polar surface area (TPSA) is 96.9 Å². The zero-order chi connectivity index (χ0) is 13.8. The van der Waals surface area contributed by atoms with Crippen LogP contribution in [0.15, 0.2) is 4.99 Å². The van der Waals surface area contributed by atoms with Crippen LogP contribution >= 0.6 is 0 Å². The number of carbonyl (C=O) groups is 1. The van der Waals surface area contributed by atoms with Crippen molar-refractivity contribution in [2.45, 2.75) is 58.5 Å². The van der Waals surface area contributed by atoms with Gasteiger partial charge in [-0.1, -0.05) is 39.0 Å². The third-order valence-corrected chi connectivity index (χ3v) is 2.39. The highest BCUT2D eigenvalue weighted by atomic mass is 16.7.